The van der Waals surface area contributed by atoms with Gasteiger partial charge >= 0.3 is 6.36 Å². The third-order valence-electron chi connectivity index (χ3n) is 3.50. The predicted octanol–water partition coefficient (Wildman–Crippen LogP) is 2.07. The maximum absolute atomic E-state index is 12.1. The van der Waals surface area contributed by atoms with E-state index in [1.54, 1.807) is 6.20 Å². The van der Waals surface area contributed by atoms with E-state index in [4.69, 9.17) is 0 Å². The molecule has 0 N–H and O–H groups in total. The Morgan fingerprint density at radius 3 is 2.48 bits per heavy atom. The van der Waals surface area contributed by atoms with Gasteiger partial charge in [0.15, 0.2) is 9.84 Å². The van der Waals surface area contributed by atoms with Crippen LogP contribution < -0.4 is 4.74 Å². The Bertz CT molecular complexity index is 800. The zero-order valence-corrected chi connectivity index (χ0v) is 12.5. The summed E-state index contributed by atoms with van der Waals surface area (Å²) in [5.41, 5.74) is 1.06. The topological polar surface area (TPSA) is 74.1 Å². The first-order chi connectivity index (χ1) is 10.7. The predicted molar refractivity (Wildman–Crippen MR) is 74.1 cm³/mol. The Morgan fingerprint density at radius 1 is 1.22 bits per heavy atom. The van der Waals surface area contributed by atoms with E-state index in [-0.39, 0.29) is 23.2 Å². The Balaban J connectivity index is 1.76. The second kappa shape index (κ2) is 5.52. The molecule has 1 aromatic heterocycles. The van der Waals surface area contributed by atoms with Crippen molar-refractivity contribution in [2.24, 2.45) is 0 Å². The smallest absolute Gasteiger partial charge is 0.406 e. The van der Waals surface area contributed by atoms with Gasteiger partial charge in [-0.2, -0.15) is 0 Å². The minimum atomic E-state index is -4.74. The Morgan fingerprint density at radius 2 is 1.91 bits per heavy atom. The SMILES string of the molecule is O=S1(=O)CCC(c2cn(-c3ccc(OC(F)(F)F)cc3)nn2)C1. The number of nitrogens with zero attached hydrogens (tertiary/aromatic N) is 3. The molecule has 1 unspecified atom stereocenters. The van der Waals surface area contributed by atoms with Crippen LogP contribution in [0.5, 0.6) is 5.75 Å². The van der Waals surface area contributed by atoms with E-state index in [9.17, 15) is 21.6 Å². The molecule has 23 heavy (non-hydrogen) atoms. The lowest BCUT2D eigenvalue weighted by atomic mass is 10.1. The molecular weight excluding hydrogens is 335 g/mol. The summed E-state index contributed by atoms with van der Waals surface area (Å²) in [6.45, 7) is 0. The zero-order chi connectivity index (χ0) is 16.7. The van der Waals surface area contributed by atoms with Gasteiger partial charge in [-0.25, -0.2) is 13.1 Å². The molecule has 1 atom stereocenters. The van der Waals surface area contributed by atoms with Crippen molar-refractivity contribution in [3.63, 3.8) is 0 Å². The maximum Gasteiger partial charge on any atom is 0.573 e. The van der Waals surface area contributed by atoms with Crippen LogP contribution in [-0.4, -0.2) is 41.3 Å². The van der Waals surface area contributed by atoms with Gasteiger partial charge in [-0.3, -0.25) is 0 Å². The van der Waals surface area contributed by atoms with Gasteiger partial charge in [0.2, 0.25) is 0 Å². The van der Waals surface area contributed by atoms with Gasteiger partial charge < -0.3 is 4.74 Å². The highest BCUT2D eigenvalue weighted by Gasteiger charge is 2.32. The zero-order valence-electron chi connectivity index (χ0n) is 11.7. The minimum absolute atomic E-state index is 0.0457. The summed E-state index contributed by atoms with van der Waals surface area (Å²) < 4.78 is 64.5. The van der Waals surface area contributed by atoms with Crippen LogP contribution in [-0.2, 0) is 9.84 Å². The monoisotopic (exact) mass is 347 g/mol. The molecule has 0 radical (unpaired) electrons. The Hall–Kier alpha value is -2.10. The molecule has 10 heteroatoms. The highest BCUT2D eigenvalue weighted by atomic mass is 32.2. The minimum Gasteiger partial charge on any atom is -0.406 e. The van der Waals surface area contributed by atoms with Gasteiger partial charge in [0.05, 0.1) is 29.1 Å². The number of rotatable bonds is 3. The third kappa shape index (κ3) is 3.81. The summed E-state index contributed by atoms with van der Waals surface area (Å²) in [6, 6.07) is 5.16. The molecule has 0 bridgehead atoms. The molecule has 1 fully saturated rings. The molecule has 2 aromatic rings. The fourth-order valence-electron chi connectivity index (χ4n) is 2.42. The number of benzene rings is 1. The average molecular weight is 347 g/mol. The molecule has 1 saturated heterocycles. The van der Waals surface area contributed by atoms with E-state index in [1.807, 2.05) is 0 Å². The van der Waals surface area contributed by atoms with Crippen LogP contribution in [0.1, 0.15) is 18.0 Å². The van der Waals surface area contributed by atoms with Crippen LogP contribution >= 0.6 is 0 Å². The van der Waals surface area contributed by atoms with Crippen molar-refractivity contribution in [3.8, 4) is 11.4 Å². The van der Waals surface area contributed by atoms with Crippen LogP contribution in [0, 0.1) is 0 Å². The van der Waals surface area contributed by atoms with Crippen molar-refractivity contribution in [1.82, 2.24) is 15.0 Å². The molecule has 0 aliphatic carbocycles. The molecular formula is C13H12F3N3O3S. The normalized spacial score (nSPS) is 20.6. The van der Waals surface area contributed by atoms with Crippen molar-refractivity contribution in [2.45, 2.75) is 18.7 Å². The first-order valence-corrected chi connectivity index (χ1v) is 8.53. The molecule has 124 valence electrons. The van der Waals surface area contributed by atoms with Crippen molar-refractivity contribution < 1.29 is 26.3 Å². The van der Waals surface area contributed by atoms with Crippen LogP contribution in [0.4, 0.5) is 13.2 Å². The molecule has 2 heterocycles. The molecule has 3 rings (SSSR count). The summed E-state index contributed by atoms with van der Waals surface area (Å²) in [6.07, 6.45) is -2.65. The molecule has 6 nitrogen and oxygen atoms in total. The fraction of sp³-hybridized carbons (Fsp3) is 0.385. The standard InChI is InChI=1S/C13H12F3N3O3S/c14-13(15,16)22-11-3-1-10(2-4-11)19-7-12(17-18-19)9-5-6-23(20,21)8-9/h1-4,7,9H,5-6,8H2. The summed E-state index contributed by atoms with van der Waals surface area (Å²) in [5.74, 6) is -0.344. The van der Waals surface area contributed by atoms with Crippen LogP contribution in [0.2, 0.25) is 0 Å². The van der Waals surface area contributed by atoms with Crippen LogP contribution in [0.25, 0.3) is 5.69 Å². The number of hydrogen-bond donors (Lipinski definition) is 0. The van der Waals surface area contributed by atoms with Crippen molar-refractivity contribution >= 4 is 9.84 Å². The highest BCUT2D eigenvalue weighted by Crippen LogP contribution is 2.28. The molecule has 0 spiro atoms. The highest BCUT2D eigenvalue weighted by molar-refractivity contribution is 7.91. The van der Waals surface area contributed by atoms with Gasteiger partial charge in [0.25, 0.3) is 0 Å². The number of hydrogen-bond acceptors (Lipinski definition) is 5. The largest absolute Gasteiger partial charge is 0.573 e. The summed E-state index contributed by atoms with van der Waals surface area (Å²) in [7, 11) is -3.02. The van der Waals surface area contributed by atoms with Gasteiger partial charge in [0.1, 0.15) is 5.75 Å². The van der Waals surface area contributed by atoms with Gasteiger partial charge in [-0.05, 0) is 30.7 Å². The lowest BCUT2D eigenvalue weighted by molar-refractivity contribution is -0.274. The summed E-state index contributed by atoms with van der Waals surface area (Å²) in [5, 5.41) is 7.85. The van der Waals surface area contributed by atoms with Crippen molar-refractivity contribution in [3.05, 3.63) is 36.2 Å². The number of alkyl halides is 3. The molecule has 1 aromatic carbocycles. The van der Waals surface area contributed by atoms with Crippen LogP contribution in [0.3, 0.4) is 0 Å². The van der Waals surface area contributed by atoms with Crippen molar-refractivity contribution in [1.29, 1.82) is 0 Å². The quantitative estimate of drug-likeness (QED) is 0.850. The second-order valence-electron chi connectivity index (χ2n) is 5.23. The Kier molecular flexibility index (Phi) is 3.78. The molecule has 1 aliphatic rings. The number of sulfone groups is 1. The molecule has 0 saturated carbocycles. The number of ether oxygens (including phenoxy) is 1. The van der Waals surface area contributed by atoms with E-state index >= 15 is 0 Å². The van der Waals surface area contributed by atoms with E-state index in [1.165, 1.54) is 28.9 Å². The molecule has 1 aliphatic heterocycles. The first-order valence-electron chi connectivity index (χ1n) is 6.71. The van der Waals surface area contributed by atoms with Gasteiger partial charge in [0, 0.05) is 5.92 Å². The first kappa shape index (κ1) is 15.8. The van der Waals surface area contributed by atoms with Gasteiger partial charge in [-0.1, -0.05) is 5.21 Å². The summed E-state index contributed by atoms with van der Waals surface area (Å²) in [4.78, 5) is 0. The second-order valence-corrected chi connectivity index (χ2v) is 7.46. The van der Waals surface area contributed by atoms with Crippen molar-refractivity contribution in [2.75, 3.05) is 11.5 Å². The average Bonchev–Trinajstić information content (AvgIpc) is 3.04. The molecule has 0 amide bonds. The Labute approximate surface area is 129 Å². The lowest BCUT2D eigenvalue weighted by Gasteiger charge is -2.09. The number of halogens is 3. The van der Waals surface area contributed by atoms with E-state index in [0.717, 1.165) is 0 Å². The maximum atomic E-state index is 12.1. The number of aromatic nitrogens is 3. The van der Waals surface area contributed by atoms with Gasteiger partial charge in [-0.15, -0.1) is 18.3 Å². The van der Waals surface area contributed by atoms with Crippen LogP contribution in [0.15, 0.2) is 30.5 Å². The third-order valence-corrected chi connectivity index (χ3v) is 5.26. The lowest BCUT2D eigenvalue weighted by Crippen LogP contribution is -2.17. The van der Waals surface area contributed by atoms with E-state index in [0.29, 0.717) is 17.8 Å². The fourth-order valence-corrected chi connectivity index (χ4v) is 4.18. The summed E-state index contributed by atoms with van der Waals surface area (Å²) >= 11 is 0. The van der Waals surface area contributed by atoms with E-state index < -0.39 is 16.2 Å². The van der Waals surface area contributed by atoms with E-state index in [2.05, 4.69) is 15.0 Å².